The lowest BCUT2D eigenvalue weighted by Crippen LogP contribution is -2.41. The van der Waals surface area contributed by atoms with E-state index < -0.39 is 15.7 Å². The largest absolute Gasteiger partial charge is 0.383 e. The fourth-order valence-electron chi connectivity index (χ4n) is 2.40. The molecule has 1 rings (SSSR count). The van der Waals surface area contributed by atoms with E-state index in [1.807, 2.05) is 14.0 Å². The summed E-state index contributed by atoms with van der Waals surface area (Å²) in [6, 6.07) is 4.12. The normalized spacial score (nSPS) is 12.4. The summed E-state index contributed by atoms with van der Waals surface area (Å²) >= 11 is 0. The summed E-state index contributed by atoms with van der Waals surface area (Å²) in [4.78, 5) is 6.60. The first-order chi connectivity index (χ1) is 12.7. The molecule has 0 saturated heterocycles. The number of likely N-dealkylation sites (N-methyl/N-ethyl adjacent to an activating group) is 1. The molecule has 154 valence electrons. The first kappa shape index (κ1) is 23.3. The number of methoxy groups -OCH3 is 1. The van der Waals surface area contributed by atoms with E-state index in [9.17, 15) is 12.8 Å². The number of hydrogen-bond acceptors (Lipinski definition) is 5. The van der Waals surface area contributed by atoms with E-state index in [4.69, 9.17) is 4.74 Å². The molecule has 0 bridgehead atoms. The average molecular weight is 403 g/mol. The number of ether oxygens (including phenoxy) is 1. The fraction of sp³-hybridized carbons (Fsp3) is 0.611. The van der Waals surface area contributed by atoms with Crippen LogP contribution in [-0.4, -0.2) is 72.5 Å². The van der Waals surface area contributed by atoms with E-state index in [0.29, 0.717) is 36.8 Å². The Kier molecular flexibility index (Phi) is 10.3. The standard InChI is InChI=1S/C18H31FN4O3S/c1-5-20-18(21-8-9-23(2)10-11-26-3)22-13-16-12-17(19)7-6-15(16)14-27(4,24)25/h6-7,12H,5,8-11,13-14H2,1-4H3,(H2,20,21,22). The van der Waals surface area contributed by atoms with E-state index in [2.05, 4.69) is 20.5 Å². The van der Waals surface area contributed by atoms with Gasteiger partial charge < -0.3 is 20.3 Å². The molecule has 0 atom stereocenters. The van der Waals surface area contributed by atoms with Crippen LogP contribution >= 0.6 is 0 Å². The highest BCUT2D eigenvalue weighted by molar-refractivity contribution is 7.89. The molecule has 0 aliphatic carbocycles. The number of hydrogen-bond donors (Lipinski definition) is 2. The van der Waals surface area contributed by atoms with Crippen LogP contribution in [0.2, 0.25) is 0 Å². The van der Waals surface area contributed by atoms with Gasteiger partial charge in [-0.2, -0.15) is 0 Å². The summed E-state index contributed by atoms with van der Waals surface area (Å²) in [5.74, 6) is 0.0641. The number of aliphatic imine (C=N–C) groups is 1. The topological polar surface area (TPSA) is 83.0 Å². The molecule has 0 spiro atoms. The Morgan fingerprint density at radius 2 is 2.00 bits per heavy atom. The van der Waals surface area contributed by atoms with E-state index in [-0.39, 0.29) is 12.3 Å². The van der Waals surface area contributed by atoms with Crippen molar-refractivity contribution in [2.24, 2.45) is 4.99 Å². The Balaban J connectivity index is 2.75. The third kappa shape index (κ3) is 10.3. The molecule has 0 fully saturated rings. The average Bonchev–Trinajstić information content (AvgIpc) is 2.58. The van der Waals surface area contributed by atoms with Gasteiger partial charge in [0.25, 0.3) is 0 Å². The second-order valence-electron chi connectivity index (χ2n) is 6.40. The van der Waals surface area contributed by atoms with Crippen molar-refractivity contribution in [3.63, 3.8) is 0 Å². The third-order valence-corrected chi connectivity index (χ3v) is 4.64. The molecule has 27 heavy (non-hydrogen) atoms. The van der Waals surface area contributed by atoms with E-state index in [0.717, 1.165) is 19.3 Å². The summed E-state index contributed by atoms with van der Waals surface area (Å²) in [6.07, 6.45) is 1.16. The smallest absolute Gasteiger partial charge is 0.191 e. The number of nitrogens with one attached hydrogen (secondary N) is 2. The Hall–Kier alpha value is -1.71. The van der Waals surface area contributed by atoms with Crippen molar-refractivity contribution in [1.29, 1.82) is 0 Å². The molecule has 1 aromatic rings. The minimum Gasteiger partial charge on any atom is -0.383 e. The predicted molar refractivity (Wildman–Crippen MR) is 107 cm³/mol. The lowest BCUT2D eigenvalue weighted by molar-refractivity contribution is 0.162. The van der Waals surface area contributed by atoms with Crippen molar-refractivity contribution in [2.45, 2.75) is 19.2 Å². The first-order valence-electron chi connectivity index (χ1n) is 8.90. The van der Waals surface area contributed by atoms with Gasteiger partial charge in [-0.15, -0.1) is 0 Å². The number of nitrogens with zero attached hydrogens (tertiary/aromatic N) is 2. The molecular weight excluding hydrogens is 371 g/mol. The summed E-state index contributed by atoms with van der Waals surface area (Å²) in [5, 5.41) is 6.36. The minimum absolute atomic E-state index is 0.133. The third-order valence-electron chi connectivity index (χ3n) is 3.80. The SMILES string of the molecule is CCNC(=NCc1cc(F)ccc1CS(C)(=O)=O)NCCN(C)CCOC. The highest BCUT2D eigenvalue weighted by atomic mass is 32.2. The Morgan fingerprint density at radius 3 is 2.63 bits per heavy atom. The van der Waals surface area contributed by atoms with Crippen molar-refractivity contribution in [3.8, 4) is 0 Å². The monoisotopic (exact) mass is 402 g/mol. The predicted octanol–water partition coefficient (Wildman–Crippen LogP) is 1.00. The van der Waals surface area contributed by atoms with Gasteiger partial charge in [-0.05, 0) is 37.2 Å². The molecule has 7 nitrogen and oxygen atoms in total. The van der Waals surface area contributed by atoms with E-state index in [1.165, 1.54) is 18.2 Å². The highest BCUT2D eigenvalue weighted by Gasteiger charge is 2.11. The van der Waals surface area contributed by atoms with Crippen LogP contribution in [-0.2, 0) is 26.9 Å². The maximum absolute atomic E-state index is 13.6. The zero-order chi connectivity index (χ0) is 20.3. The molecule has 0 radical (unpaired) electrons. The van der Waals surface area contributed by atoms with Gasteiger partial charge in [-0.3, -0.25) is 0 Å². The van der Waals surface area contributed by atoms with Crippen molar-refractivity contribution >= 4 is 15.8 Å². The second kappa shape index (κ2) is 11.9. The Morgan fingerprint density at radius 1 is 1.26 bits per heavy atom. The minimum atomic E-state index is -3.21. The van der Waals surface area contributed by atoms with Crippen molar-refractivity contribution < 1.29 is 17.5 Å². The van der Waals surface area contributed by atoms with Crippen LogP contribution in [0.3, 0.4) is 0 Å². The molecule has 0 aliphatic rings. The lowest BCUT2D eigenvalue weighted by Gasteiger charge is -2.18. The van der Waals surface area contributed by atoms with Crippen molar-refractivity contribution in [3.05, 3.63) is 35.1 Å². The first-order valence-corrected chi connectivity index (χ1v) is 11.0. The maximum atomic E-state index is 13.6. The zero-order valence-electron chi connectivity index (χ0n) is 16.6. The molecule has 0 aliphatic heterocycles. The van der Waals surface area contributed by atoms with Crippen LogP contribution in [0, 0.1) is 5.82 Å². The number of rotatable bonds is 11. The van der Waals surface area contributed by atoms with Crippen LogP contribution in [0.25, 0.3) is 0 Å². The van der Waals surface area contributed by atoms with Gasteiger partial charge in [0.1, 0.15) is 5.82 Å². The fourth-order valence-corrected chi connectivity index (χ4v) is 3.24. The maximum Gasteiger partial charge on any atom is 0.191 e. The van der Waals surface area contributed by atoms with Crippen LogP contribution in [0.1, 0.15) is 18.1 Å². The summed E-state index contributed by atoms with van der Waals surface area (Å²) in [5.41, 5.74) is 1.13. The van der Waals surface area contributed by atoms with Gasteiger partial charge in [0.15, 0.2) is 15.8 Å². The van der Waals surface area contributed by atoms with Crippen LogP contribution in [0.5, 0.6) is 0 Å². The summed E-state index contributed by atoms with van der Waals surface area (Å²) in [7, 11) is 0.471. The quantitative estimate of drug-likeness (QED) is 0.425. The number of benzene rings is 1. The van der Waals surface area contributed by atoms with Gasteiger partial charge in [-0.1, -0.05) is 6.07 Å². The van der Waals surface area contributed by atoms with Gasteiger partial charge in [0.2, 0.25) is 0 Å². The van der Waals surface area contributed by atoms with Crippen LogP contribution in [0.15, 0.2) is 23.2 Å². The van der Waals surface area contributed by atoms with Crippen molar-refractivity contribution in [2.75, 3.05) is 53.2 Å². The molecule has 1 aromatic carbocycles. The van der Waals surface area contributed by atoms with Crippen molar-refractivity contribution in [1.82, 2.24) is 15.5 Å². The van der Waals surface area contributed by atoms with Gasteiger partial charge in [0, 0.05) is 39.5 Å². The molecule has 0 unspecified atom stereocenters. The molecular formula is C18H31FN4O3S. The highest BCUT2D eigenvalue weighted by Crippen LogP contribution is 2.15. The van der Waals surface area contributed by atoms with Gasteiger partial charge in [-0.25, -0.2) is 17.8 Å². The number of sulfone groups is 1. The molecule has 0 aromatic heterocycles. The van der Waals surface area contributed by atoms with Gasteiger partial charge in [0.05, 0.1) is 18.9 Å². The van der Waals surface area contributed by atoms with Crippen LogP contribution in [0.4, 0.5) is 4.39 Å². The van der Waals surface area contributed by atoms with E-state index >= 15 is 0 Å². The zero-order valence-corrected chi connectivity index (χ0v) is 17.4. The van der Waals surface area contributed by atoms with E-state index in [1.54, 1.807) is 7.11 Å². The summed E-state index contributed by atoms with van der Waals surface area (Å²) in [6.45, 7) is 5.84. The lowest BCUT2D eigenvalue weighted by atomic mass is 10.1. The van der Waals surface area contributed by atoms with Crippen LogP contribution < -0.4 is 10.6 Å². The second-order valence-corrected chi connectivity index (χ2v) is 8.54. The Labute approximate surface area is 161 Å². The summed E-state index contributed by atoms with van der Waals surface area (Å²) < 4.78 is 41.8. The molecule has 2 N–H and O–H groups in total. The molecule has 0 heterocycles. The Bertz CT molecular complexity index is 711. The van der Waals surface area contributed by atoms with Gasteiger partial charge >= 0.3 is 0 Å². The molecule has 0 saturated carbocycles. The molecule has 0 amide bonds. The number of halogens is 1. The number of guanidine groups is 1. The molecule has 9 heteroatoms.